The number of aryl methyl sites for hydroxylation is 1. The van der Waals surface area contributed by atoms with E-state index in [1.165, 1.54) is 0 Å². The predicted octanol–water partition coefficient (Wildman–Crippen LogP) is 2.53. The summed E-state index contributed by atoms with van der Waals surface area (Å²) in [6, 6.07) is 13.0. The number of nitrogens with one attached hydrogen (secondary N) is 1. The van der Waals surface area contributed by atoms with Crippen molar-refractivity contribution in [2.45, 2.75) is 18.9 Å². The maximum Gasteiger partial charge on any atom is 0.220 e. The molecule has 2 aromatic carbocycles. The average molecular weight is 415 g/mol. The molecule has 0 aromatic heterocycles. The third-order valence-electron chi connectivity index (χ3n) is 5.38. The lowest BCUT2D eigenvalue weighted by atomic mass is 10.0. The summed E-state index contributed by atoms with van der Waals surface area (Å²) >= 11 is 0. The first-order valence-corrected chi connectivity index (χ1v) is 10.2. The monoisotopic (exact) mass is 414 g/mol. The zero-order chi connectivity index (χ0) is 21.3. The summed E-state index contributed by atoms with van der Waals surface area (Å²) in [7, 11) is 3.23. The molecule has 0 radical (unpaired) electrons. The van der Waals surface area contributed by atoms with Gasteiger partial charge in [-0.05, 0) is 35.7 Å². The van der Waals surface area contributed by atoms with Crippen molar-refractivity contribution < 1.29 is 24.1 Å². The smallest absolute Gasteiger partial charge is 0.220 e. The standard InChI is InChI=1S/C23H30N2O5/c1-28-21-9-7-18(15-22(21)29-2)19(25-11-13-30-14-12-25)16-24-23(27)10-8-17-5-3-4-6-20(17)26/h3-7,9,15,19,26H,8,10-14,16H2,1-2H3,(H,24,27). The third-order valence-corrected chi connectivity index (χ3v) is 5.38. The van der Waals surface area contributed by atoms with Gasteiger partial charge in [0.25, 0.3) is 0 Å². The van der Waals surface area contributed by atoms with Gasteiger partial charge in [0.05, 0.1) is 33.5 Å². The van der Waals surface area contributed by atoms with Crippen molar-refractivity contribution >= 4 is 5.91 Å². The van der Waals surface area contributed by atoms with Crippen LogP contribution in [-0.4, -0.2) is 63.0 Å². The van der Waals surface area contributed by atoms with Gasteiger partial charge in [0, 0.05) is 26.1 Å². The van der Waals surface area contributed by atoms with E-state index in [0.29, 0.717) is 44.1 Å². The SMILES string of the molecule is COc1ccc(C(CNC(=O)CCc2ccccc2O)N2CCOCC2)cc1OC. The first kappa shape index (κ1) is 21.9. The van der Waals surface area contributed by atoms with Crippen LogP contribution in [-0.2, 0) is 16.0 Å². The Kier molecular flexibility index (Phi) is 7.93. The maximum atomic E-state index is 12.5. The molecule has 1 fully saturated rings. The van der Waals surface area contributed by atoms with Gasteiger partial charge in [-0.15, -0.1) is 0 Å². The third kappa shape index (κ3) is 5.64. The minimum atomic E-state index is -0.0445. The number of rotatable bonds is 9. The molecule has 162 valence electrons. The van der Waals surface area contributed by atoms with E-state index in [1.54, 1.807) is 26.4 Å². The lowest BCUT2D eigenvalue weighted by Gasteiger charge is -2.35. The zero-order valence-electron chi connectivity index (χ0n) is 17.6. The molecule has 3 rings (SSSR count). The molecule has 1 atom stereocenters. The Morgan fingerprint density at radius 1 is 1.13 bits per heavy atom. The van der Waals surface area contributed by atoms with E-state index in [-0.39, 0.29) is 17.7 Å². The van der Waals surface area contributed by atoms with Crippen LogP contribution in [0.5, 0.6) is 17.2 Å². The Morgan fingerprint density at radius 3 is 2.57 bits per heavy atom. The number of benzene rings is 2. The molecule has 2 N–H and O–H groups in total. The molecule has 7 heteroatoms. The number of aromatic hydroxyl groups is 1. The summed E-state index contributed by atoms with van der Waals surface area (Å²) in [5.74, 6) is 1.52. The van der Waals surface area contributed by atoms with Crippen LogP contribution >= 0.6 is 0 Å². The van der Waals surface area contributed by atoms with Crippen LogP contribution in [0.3, 0.4) is 0 Å². The van der Waals surface area contributed by atoms with E-state index in [2.05, 4.69) is 10.2 Å². The van der Waals surface area contributed by atoms with E-state index >= 15 is 0 Å². The summed E-state index contributed by atoms with van der Waals surface area (Å²) in [6.45, 7) is 3.42. The second-order valence-corrected chi connectivity index (χ2v) is 7.21. The summed E-state index contributed by atoms with van der Waals surface area (Å²) < 4.78 is 16.3. The molecule has 0 saturated carbocycles. The van der Waals surface area contributed by atoms with E-state index in [4.69, 9.17) is 14.2 Å². The number of carbonyl (C=O) groups excluding carboxylic acids is 1. The number of carbonyl (C=O) groups is 1. The van der Waals surface area contributed by atoms with Crippen molar-refractivity contribution in [2.24, 2.45) is 0 Å². The van der Waals surface area contributed by atoms with Crippen LogP contribution in [0.15, 0.2) is 42.5 Å². The van der Waals surface area contributed by atoms with Gasteiger partial charge in [-0.1, -0.05) is 24.3 Å². The Labute approximate surface area is 177 Å². The Morgan fingerprint density at radius 2 is 1.87 bits per heavy atom. The van der Waals surface area contributed by atoms with Crippen molar-refractivity contribution in [3.05, 3.63) is 53.6 Å². The summed E-state index contributed by atoms with van der Waals surface area (Å²) in [4.78, 5) is 14.8. The molecule has 1 unspecified atom stereocenters. The van der Waals surface area contributed by atoms with E-state index < -0.39 is 0 Å². The molecule has 0 bridgehead atoms. The number of hydrogen-bond donors (Lipinski definition) is 2. The number of hydrogen-bond acceptors (Lipinski definition) is 6. The molecule has 2 aromatic rings. The van der Waals surface area contributed by atoms with Crippen LogP contribution in [0.4, 0.5) is 0 Å². The van der Waals surface area contributed by atoms with Crippen LogP contribution in [0.2, 0.25) is 0 Å². The molecule has 1 saturated heterocycles. The number of phenolic OH excluding ortho intramolecular Hbond substituents is 1. The van der Waals surface area contributed by atoms with Gasteiger partial charge in [0.2, 0.25) is 5.91 Å². The Bertz CT molecular complexity index is 836. The molecule has 30 heavy (non-hydrogen) atoms. The fourth-order valence-corrected chi connectivity index (χ4v) is 3.68. The molecule has 0 spiro atoms. The minimum Gasteiger partial charge on any atom is -0.508 e. The number of methoxy groups -OCH3 is 2. The van der Waals surface area contributed by atoms with Crippen molar-refractivity contribution in [2.75, 3.05) is 47.1 Å². The molecular weight excluding hydrogens is 384 g/mol. The summed E-state index contributed by atoms with van der Waals surface area (Å²) in [6.07, 6.45) is 0.816. The zero-order valence-corrected chi connectivity index (χ0v) is 17.6. The van der Waals surface area contributed by atoms with E-state index in [0.717, 1.165) is 24.2 Å². The highest BCUT2D eigenvalue weighted by Gasteiger charge is 2.24. The summed E-state index contributed by atoms with van der Waals surface area (Å²) in [5, 5.41) is 12.9. The molecule has 1 aliphatic heterocycles. The largest absolute Gasteiger partial charge is 0.508 e. The number of amides is 1. The van der Waals surface area contributed by atoms with Gasteiger partial charge in [-0.25, -0.2) is 0 Å². The quantitative estimate of drug-likeness (QED) is 0.656. The number of morpholine rings is 1. The molecule has 1 amide bonds. The molecule has 1 aliphatic rings. The molecule has 7 nitrogen and oxygen atoms in total. The fourth-order valence-electron chi connectivity index (χ4n) is 3.68. The number of phenols is 1. The minimum absolute atomic E-state index is 0.00258. The highest BCUT2D eigenvalue weighted by molar-refractivity contribution is 5.76. The Balaban J connectivity index is 1.67. The summed E-state index contributed by atoms with van der Waals surface area (Å²) in [5.41, 5.74) is 1.83. The predicted molar refractivity (Wildman–Crippen MR) is 114 cm³/mol. The molecule has 1 heterocycles. The first-order valence-electron chi connectivity index (χ1n) is 10.2. The Hall–Kier alpha value is -2.77. The van der Waals surface area contributed by atoms with Crippen LogP contribution in [0.25, 0.3) is 0 Å². The highest BCUT2D eigenvalue weighted by Crippen LogP contribution is 2.32. The lowest BCUT2D eigenvalue weighted by molar-refractivity contribution is -0.121. The van der Waals surface area contributed by atoms with E-state index in [1.807, 2.05) is 30.3 Å². The van der Waals surface area contributed by atoms with Gasteiger partial charge >= 0.3 is 0 Å². The van der Waals surface area contributed by atoms with Crippen LogP contribution in [0, 0.1) is 0 Å². The van der Waals surface area contributed by atoms with Gasteiger partial charge in [-0.2, -0.15) is 0 Å². The second kappa shape index (κ2) is 10.8. The van der Waals surface area contributed by atoms with Gasteiger partial charge < -0.3 is 24.6 Å². The maximum absolute atomic E-state index is 12.5. The van der Waals surface area contributed by atoms with Crippen molar-refractivity contribution in [1.29, 1.82) is 0 Å². The van der Waals surface area contributed by atoms with Crippen molar-refractivity contribution in [3.63, 3.8) is 0 Å². The number of nitrogens with zero attached hydrogens (tertiary/aromatic N) is 1. The molecular formula is C23H30N2O5. The number of para-hydroxylation sites is 1. The van der Waals surface area contributed by atoms with Gasteiger partial charge in [-0.3, -0.25) is 9.69 Å². The highest BCUT2D eigenvalue weighted by atomic mass is 16.5. The van der Waals surface area contributed by atoms with Crippen molar-refractivity contribution in [1.82, 2.24) is 10.2 Å². The van der Waals surface area contributed by atoms with Gasteiger partial charge in [0.15, 0.2) is 11.5 Å². The topological polar surface area (TPSA) is 80.3 Å². The molecule has 0 aliphatic carbocycles. The normalized spacial score (nSPS) is 15.4. The first-order chi connectivity index (χ1) is 14.6. The lowest BCUT2D eigenvalue weighted by Crippen LogP contribution is -2.43. The number of ether oxygens (including phenoxy) is 3. The van der Waals surface area contributed by atoms with E-state index in [9.17, 15) is 9.90 Å². The fraction of sp³-hybridized carbons (Fsp3) is 0.435. The van der Waals surface area contributed by atoms with Crippen molar-refractivity contribution in [3.8, 4) is 17.2 Å². The second-order valence-electron chi connectivity index (χ2n) is 7.21. The average Bonchev–Trinajstić information content (AvgIpc) is 2.79. The van der Waals surface area contributed by atoms with Gasteiger partial charge in [0.1, 0.15) is 5.75 Å². The van der Waals surface area contributed by atoms with Crippen LogP contribution in [0.1, 0.15) is 23.6 Å². The van der Waals surface area contributed by atoms with Crippen LogP contribution < -0.4 is 14.8 Å².